The van der Waals surface area contributed by atoms with Crippen molar-refractivity contribution in [1.29, 1.82) is 0 Å². The fraction of sp³-hybridized carbons (Fsp3) is 0.438. The van der Waals surface area contributed by atoms with Crippen LogP contribution >= 0.6 is 15.9 Å². The first kappa shape index (κ1) is 16.0. The summed E-state index contributed by atoms with van der Waals surface area (Å²) in [6.07, 6.45) is 2.85. The second-order valence-electron chi connectivity index (χ2n) is 5.49. The van der Waals surface area contributed by atoms with Gasteiger partial charge in [0.15, 0.2) is 0 Å². The van der Waals surface area contributed by atoms with Crippen LogP contribution < -0.4 is 4.90 Å². The number of carboxylic acids is 1. The van der Waals surface area contributed by atoms with Crippen LogP contribution in [-0.4, -0.2) is 48.2 Å². The second kappa shape index (κ2) is 7.09. The van der Waals surface area contributed by atoms with Crippen LogP contribution in [0.5, 0.6) is 0 Å². The summed E-state index contributed by atoms with van der Waals surface area (Å²) in [5.74, 6) is -0.925. The van der Waals surface area contributed by atoms with Crippen LogP contribution in [0.3, 0.4) is 0 Å². The molecule has 2 rings (SSSR count). The van der Waals surface area contributed by atoms with Crippen molar-refractivity contribution in [2.75, 3.05) is 31.1 Å². The third-order valence-corrected chi connectivity index (χ3v) is 4.27. The molecule has 0 unspecified atom stereocenters. The second-order valence-corrected chi connectivity index (χ2v) is 6.41. The molecule has 0 radical (unpaired) electrons. The predicted molar refractivity (Wildman–Crippen MR) is 89.7 cm³/mol. The smallest absolute Gasteiger partial charge is 0.328 e. The van der Waals surface area contributed by atoms with Gasteiger partial charge in [0, 0.05) is 48.5 Å². The van der Waals surface area contributed by atoms with Crippen LogP contribution in [-0.2, 0) is 4.79 Å². The highest BCUT2D eigenvalue weighted by Gasteiger charge is 2.20. The van der Waals surface area contributed by atoms with Gasteiger partial charge in [-0.1, -0.05) is 15.9 Å². The molecular weight excluding hydrogens is 332 g/mol. The molecule has 4 nitrogen and oxygen atoms in total. The molecule has 21 heavy (non-hydrogen) atoms. The van der Waals surface area contributed by atoms with E-state index in [0.717, 1.165) is 41.9 Å². The van der Waals surface area contributed by atoms with Crippen LogP contribution in [0, 0.1) is 0 Å². The first-order chi connectivity index (χ1) is 9.97. The van der Waals surface area contributed by atoms with Crippen molar-refractivity contribution in [2.45, 2.75) is 19.9 Å². The van der Waals surface area contributed by atoms with Gasteiger partial charge in [0.1, 0.15) is 0 Å². The number of nitrogens with zero attached hydrogens (tertiary/aromatic N) is 2. The van der Waals surface area contributed by atoms with E-state index >= 15 is 0 Å². The summed E-state index contributed by atoms with van der Waals surface area (Å²) in [6, 6.07) is 6.59. The average molecular weight is 353 g/mol. The molecule has 0 amide bonds. The molecule has 1 N–H and O–H groups in total. The summed E-state index contributed by atoms with van der Waals surface area (Å²) >= 11 is 3.45. The zero-order valence-electron chi connectivity index (χ0n) is 12.4. The Morgan fingerprint density at radius 1 is 1.29 bits per heavy atom. The van der Waals surface area contributed by atoms with E-state index in [1.165, 1.54) is 6.08 Å². The maximum Gasteiger partial charge on any atom is 0.328 e. The van der Waals surface area contributed by atoms with Crippen molar-refractivity contribution in [3.05, 3.63) is 34.3 Å². The number of hydrogen-bond donors (Lipinski definition) is 1. The van der Waals surface area contributed by atoms with Gasteiger partial charge >= 0.3 is 5.97 Å². The predicted octanol–water partition coefficient (Wildman–Crippen LogP) is 3.08. The normalized spacial score (nSPS) is 16.9. The summed E-state index contributed by atoms with van der Waals surface area (Å²) in [6.45, 7) is 8.44. The quantitative estimate of drug-likeness (QED) is 0.845. The average Bonchev–Trinajstić information content (AvgIpc) is 2.45. The molecule has 114 valence electrons. The molecule has 1 saturated heterocycles. The van der Waals surface area contributed by atoms with Crippen LogP contribution in [0.15, 0.2) is 28.7 Å². The van der Waals surface area contributed by atoms with Crippen LogP contribution in [0.2, 0.25) is 0 Å². The lowest BCUT2D eigenvalue weighted by Gasteiger charge is -2.38. The van der Waals surface area contributed by atoms with E-state index in [1.54, 1.807) is 6.08 Å². The third kappa shape index (κ3) is 4.32. The summed E-state index contributed by atoms with van der Waals surface area (Å²) in [4.78, 5) is 15.5. The van der Waals surface area contributed by atoms with Crippen molar-refractivity contribution in [2.24, 2.45) is 0 Å². The summed E-state index contributed by atoms with van der Waals surface area (Å²) in [5, 5.41) is 8.82. The van der Waals surface area contributed by atoms with Gasteiger partial charge in [0.2, 0.25) is 0 Å². The van der Waals surface area contributed by atoms with E-state index in [-0.39, 0.29) is 0 Å². The van der Waals surface area contributed by atoms with Gasteiger partial charge in [-0.2, -0.15) is 0 Å². The number of rotatable bonds is 4. The number of anilines is 1. The largest absolute Gasteiger partial charge is 0.478 e. The van der Waals surface area contributed by atoms with Crippen molar-refractivity contribution >= 4 is 33.7 Å². The Hall–Kier alpha value is -1.33. The van der Waals surface area contributed by atoms with E-state index in [2.05, 4.69) is 45.6 Å². The third-order valence-electron chi connectivity index (χ3n) is 3.78. The van der Waals surface area contributed by atoms with Crippen LogP contribution in [0.1, 0.15) is 19.4 Å². The Labute approximate surface area is 134 Å². The van der Waals surface area contributed by atoms with E-state index in [1.807, 2.05) is 12.1 Å². The fourth-order valence-corrected chi connectivity index (χ4v) is 2.97. The SMILES string of the molecule is CC(C)N1CCN(c2ccc(Br)cc2/C=C/C(=O)O)CC1. The number of carboxylic acid groups (broad SMARTS) is 1. The first-order valence-corrected chi connectivity index (χ1v) is 7.96. The highest BCUT2D eigenvalue weighted by Crippen LogP contribution is 2.27. The molecule has 1 heterocycles. The summed E-state index contributed by atoms with van der Waals surface area (Å²) < 4.78 is 0.956. The number of piperazine rings is 1. The Bertz CT molecular complexity index is 535. The number of halogens is 1. The topological polar surface area (TPSA) is 43.8 Å². The Kier molecular flexibility index (Phi) is 5.42. The molecule has 0 aromatic heterocycles. The van der Waals surface area contributed by atoms with Gasteiger partial charge in [-0.25, -0.2) is 4.79 Å². The van der Waals surface area contributed by atoms with Crippen molar-refractivity contribution < 1.29 is 9.90 Å². The lowest BCUT2D eigenvalue weighted by atomic mass is 10.1. The number of carbonyl (C=O) groups is 1. The number of benzene rings is 1. The van der Waals surface area contributed by atoms with E-state index in [0.29, 0.717) is 6.04 Å². The minimum absolute atomic E-state index is 0.573. The zero-order valence-corrected chi connectivity index (χ0v) is 14.0. The maximum atomic E-state index is 10.7. The molecular formula is C16H21BrN2O2. The van der Waals surface area contributed by atoms with Gasteiger partial charge in [-0.15, -0.1) is 0 Å². The molecule has 0 aliphatic carbocycles. The van der Waals surface area contributed by atoms with E-state index < -0.39 is 5.97 Å². The van der Waals surface area contributed by atoms with E-state index in [4.69, 9.17) is 5.11 Å². The maximum absolute atomic E-state index is 10.7. The number of aliphatic carboxylic acids is 1. The molecule has 1 fully saturated rings. The fourth-order valence-electron chi connectivity index (χ4n) is 2.59. The molecule has 1 aromatic rings. The molecule has 1 aromatic carbocycles. The first-order valence-electron chi connectivity index (χ1n) is 7.17. The Morgan fingerprint density at radius 3 is 2.52 bits per heavy atom. The summed E-state index contributed by atoms with van der Waals surface area (Å²) in [5.41, 5.74) is 2.03. The standard InChI is InChI=1S/C16H21BrN2O2/c1-12(2)18-7-9-19(10-8-18)15-5-4-14(17)11-13(15)3-6-16(20)21/h3-6,11-12H,7-10H2,1-2H3,(H,20,21)/b6-3+. The van der Waals surface area contributed by atoms with Crippen molar-refractivity contribution in [1.82, 2.24) is 4.90 Å². The van der Waals surface area contributed by atoms with E-state index in [9.17, 15) is 4.79 Å². The highest BCUT2D eigenvalue weighted by molar-refractivity contribution is 9.10. The Morgan fingerprint density at radius 2 is 1.95 bits per heavy atom. The minimum Gasteiger partial charge on any atom is -0.478 e. The van der Waals surface area contributed by atoms with Crippen molar-refractivity contribution in [3.63, 3.8) is 0 Å². The van der Waals surface area contributed by atoms with Gasteiger partial charge in [-0.05, 0) is 43.7 Å². The minimum atomic E-state index is -0.925. The molecule has 0 atom stereocenters. The molecule has 1 aliphatic rings. The molecule has 5 heteroatoms. The molecule has 0 spiro atoms. The van der Waals surface area contributed by atoms with Crippen LogP contribution in [0.25, 0.3) is 6.08 Å². The van der Waals surface area contributed by atoms with Crippen molar-refractivity contribution in [3.8, 4) is 0 Å². The highest BCUT2D eigenvalue weighted by atomic mass is 79.9. The van der Waals surface area contributed by atoms with Crippen LogP contribution in [0.4, 0.5) is 5.69 Å². The zero-order chi connectivity index (χ0) is 15.4. The van der Waals surface area contributed by atoms with Gasteiger partial charge in [-0.3, -0.25) is 4.90 Å². The number of hydrogen-bond acceptors (Lipinski definition) is 3. The van der Waals surface area contributed by atoms with Gasteiger partial charge in [0.25, 0.3) is 0 Å². The monoisotopic (exact) mass is 352 g/mol. The lowest BCUT2D eigenvalue weighted by molar-refractivity contribution is -0.131. The lowest BCUT2D eigenvalue weighted by Crippen LogP contribution is -2.49. The van der Waals surface area contributed by atoms with Gasteiger partial charge < -0.3 is 10.0 Å². The molecule has 1 aliphatic heterocycles. The molecule has 0 bridgehead atoms. The summed E-state index contributed by atoms with van der Waals surface area (Å²) in [7, 11) is 0. The Balaban J connectivity index is 2.18. The molecule has 0 saturated carbocycles. The van der Waals surface area contributed by atoms with Gasteiger partial charge in [0.05, 0.1) is 0 Å².